The summed E-state index contributed by atoms with van der Waals surface area (Å²) in [4.78, 5) is 42.2. The van der Waals surface area contributed by atoms with Crippen LogP contribution < -0.4 is 10.6 Å². The van der Waals surface area contributed by atoms with Crippen LogP contribution in [0.15, 0.2) is 0 Å². The molecule has 0 radical (unpaired) electrons. The Morgan fingerprint density at radius 3 is 2.44 bits per heavy atom. The molecule has 182 valence electrons. The number of aliphatic hydroxyl groups is 1. The van der Waals surface area contributed by atoms with Gasteiger partial charge in [0.2, 0.25) is 17.7 Å². The molecule has 3 aliphatic rings. The number of hydrogen-bond acceptors (Lipinski definition) is 5. The molecule has 3 aliphatic heterocycles. The molecule has 0 aromatic heterocycles. The standard InChI is InChI=1S/C24H41N3O5/c1-6-9-13-26-21(30)19-24-11-10-23(5,32-24)17(20(29)25-12-7-2)18(24)22(31)27(19)16(14-28)15(4)8-3/h15-19,28H,6-14H2,1-5H3,(H,25,29)(H,26,30)/t15-,16-,17+,18-,19?,23-,24?/m0/s1. The predicted molar refractivity (Wildman–Crippen MR) is 121 cm³/mol. The van der Waals surface area contributed by atoms with E-state index >= 15 is 0 Å². The second kappa shape index (κ2) is 9.67. The Morgan fingerprint density at radius 2 is 1.84 bits per heavy atom. The Hall–Kier alpha value is -1.67. The van der Waals surface area contributed by atoms with Crippen molar-refractivity contribution in [1.82, 2.24) is 15.5 Å². The average Bonchev–Trinajstić information content (AvgIpc) is 3.33. The van der Waals surface area contributed by atoms with Crippen molar-refractivity contribution < 1.29 is 24.2 Å². The average molecular weight is 452 g/mol. The quantitative estimate of drug-likeness (QED) is 0.414. The minimum absolute atomic E-state index is 0.00488. The highest BCUT2D eigenvalue weighted by Gasteiger charge is 2.78. The van der Waals surface area contributed by atoms with Gasteiger partial charge in [-0.05, 0) is 38.5 Å². The summed E-state index contributed by atoms with van der Waals surface area (Å²) in [6, 6.07) is -1.34. The van der Waals surface area contributed by atoms with Crippen LogP contribution in [-0.4, -0.2) is 70.7 Å². The van der Waals surface area contributed by atoms with Gasteiger partial charge in [0, 0.05) is 13.1 Å². The highest BCUT2D eigenvalue weighted by Crippen LogP contribution is 2.63. The number of carbonyl (C=O) groups is 3. The fraction of sp³-hybridized carbons (Fsp3) is 0.875. The molecular formula is C24H41N3O5. The number of likely N-dealkylation sites (tertiary alicyclic amines) is 1. The molecule has 2 unspecified atom stereocenters. The summed E-state index contributed by atoms with van der Waals surface area (Å²) >= 11 is 0. The van der Waals surface area contributed by atoms with Crippen LogP contribution in [-0.2, 0) is 19.1 Å². The fourth-order valence-electron chi connectivity index (χ4n) is 6.08. The number of nitrogens with one attached hydrogen (secondary N) is 2. The van der Waals surface area contributed by atoms with Gasteiger partial charge in [0.15, 0.2) is 0 Å². The maximum Gasteiger partial charge on any atom is 0.245 e. The Kier molecular flexibility index (Phi) is 7.55. The number of carbonyl (C=O) groups excluding carboxylic acids is 3. The summed E-state index contributed by atoms with van der Waals surface area (Å²) in [5, 5.41) is 16.2. The SMILES string of the molecule is CCCCNC(=O)C1N([C@@H](CO)[C@@H](C)CC)C(=O)[C@@H]2[C@H](C(=O)NCCC)[C@]3(C)CCC12O3. The van der Waals surface area contributed by atoms with Gasteiger partial charge in [-0.25, -0.2) is 0 Å². The summed E-state index contributed by atoms with van der Waals surface area (Å²) in [6.07, 6.45) is 4.53. The molecule has 0 aromatic rings. The first-order valence-corrected chi connectivity index (χ1v) is 12.4. The van der Waals surface area contributed by atoms with Gasteiger partial charge in [-0.1, -0.05) is 40.5 Å². The molecule has 3 rings (SSSR count). The zero-order valence-electron chi connectivity index (χ0n) is 20.3. The lowest BCUT2D eigenvalue weighted by molar-refractivity contribution is -0.151. The smallest absolute Gasteiger partial charge is 0.245 e. The molecule has 0 aromatic carbocycles. The molecule has 3 heterocycles. The third-order valence-corrected chi connectivity index (χ3v) is 7.97. The van der Waals surface area contributed by atoms with E-state index in [-0.39, 0.29) is 30.2 Å². The molecule has 2 bridgehead atoms. The van der Waals surface area contributed by atoms with E-state index in [1.54, 1.807) is 4.90 Å². The number of rotatable bonds is 11. The number of ether oxygens (including phenoxy) is 1. The zero-order chi connectivity index (χ0) is 23.7. The van der Waals surface area contributed by atoms with Crippen molar-refractivity contribution in [2.75, 3.05) is 19.7 Å². The van der Waals surface area contributed by atoms with Crippen molar-refractivity contribution in [3.05, 3.63) is 0 Å². The van der Waals surface area contributed by atoms with Gasteiger partial charge >= 0.3 is 0 Å². The fourth-order valence-corrected chi connectivity index (χ4v) is 6.08. The number of nitrogens with zero attached hydrogens (tertiary/aromatic N) is 1. The van der Waals surface area contributed by atoms with E-state index in [0.29, 0.717) is 25.9 Å². The second-order valence-electron chi connectivity index (χ2n) is 10.0. The first-order chi connectivity index (χ1) is 15.2. The Morgan fingerprint density at radius 1 is 1.16 bits per heavy atom. The Bertz CT molecular complexity index is 730. The molecule has 3 saturated heterocycles. The van der Waals surface area contributed by atoms with Gasteiger partial charge < -0.3 is 25.4 Å². The van der Waals surface area contributed by atoms with Gasteiger partial charge in [0.1, 0.15) is 11.6 Å². The zero-order valence-corrected chi connectivity index (χ0v) is 20.3. The number of unbranched alkanes of at least 4 members (excludes halogenated alkanes) is 1. The van der Waals surface area contributed by atoms with Crippen LogP contribution in [0.1, 0.15) is 73.1 Å². The van der Waals surface area contributed by atoms with Gasteiger partial charge in [-0.15, -0.1) is 0 Å². The maximum absolute atomic E-state index is 13.9. The molecule has 0 saturated carbocycles. The van der Waals surface area contributed by atoms with E-state index in [9.17, 15) is 19.5 Å². The van der Waals surface area contributed by atoms with Crippen molar-refractivity contribution in [3.63, 3.8) is 0 Å². The lowest BCUT2D eigenvalue weighted by Crippen LogP contribution is -2.59. The van der Waals surface area contributed by atoms with Gasteiger partial charge in [0.05, 0.1) is 30.1 Å². The van der Waals surface area contributed by atoms with E-state index in [0.717, 1.165) is 25.7 Å². The third kappa shape index (κ3) is 3.83. The highest BCUT2D eigenvalue weighted by molar-refractivity contribution is 5.99. The normalized spacial score (nSPS) is 35.0. The van der Waals surface area contributed by atoms with Crippen LogP contribution in [0.3, 0.4) is 0 Å². The van der Waals surface area contributed by atoms with Crippen molar-refractivity contribution in [3.8, 4) is 0 Å². The summed E-state index contributed by atoms with van der Waals surface area (Å²) < 4.78 is 6.57. The van der Waals surface area contributed by atoms with E-state index in [1.807, 2.05) is 27.7 Å². The number of amides is 3. The lowest BCUT2D eigenvalue weighted by atomic mass is 9.66. The summed E-state index contributed by atoms with van der Waals surface area (Å²) in [5.41, 5.74) is -1.80. The van der Waals surface area contributed by atoms with E-state index < -0.39 is 35.1 Å². The predicted octanol–water partition coefficient (Wildman–Crippen LogP) is 1.60. The summed E-state index contributed by atoms with van der Waals surface area (Å²) in [5.74, 6) is -1.99. The first kappa shape index (κ1) is 25.0. The van der Waals surface area contributed by atoms with Crippen molar-refractivity contribution in [1.29, 1.82) is 0 Å². The molecule has 7 atom stereocenters. The van der Waals surface area contributed by atoms with E-state index in [2.05, 4.69) is 17.6 Å². The lowest BCUT2D eigenvalue weighted by Gasteiger charge is -2.39. The van der Waals surface area contributed by atoms with Crippen LogP contribution in [0, 0.1) is 17.8 Å². The highest BCUT2D eigenvalue weighted by atomic mass is 16.5. The molecule has 8 heteroatoms. The monoisotopic (exact) mass is 451 g/mol. The molecule has 1 spiro atoms. The Balaban J connectivity index is 2.04. The van der Waals surface area contributed by atoms with Crippen LogP contribution >= 0.6 is 0 Å². The summed E-state index contributed by atoms with van der Waals surface area (Å²) in [6.45, 7) is 10.8. The molecule has 0 aliphatic carbocycles. The van der Waals surface area contributed by atoms with E-state index in [4.69, 9.17) is 4.74 Å². The second-order valence-corrected chi connectivity index (χ2v) is 10.0. The molecule has 3 amide bonds. The third-order valence-electron chi connectivity index (χ3n) is 7.97. The molecular weight excluding hydrogens is 410 g/mol. The molecule has 3 fully saturated rings. The molecule has 32 heavy (non-hydrogen) atoms. The van der Waals surface area contributed by atoms with Crippen LogP contribution in [0.4, 0.5) is 0 Å². The van der Waals surface area contributed by atoms with Gasteiger partial charge in [-0.2, -0.15) is 0 Å². The number of hydrogen-bond donors (Lipinski definition) is 3. The number of fused-ring (bicyclic) bond motifs is 1. The van der Waals surface area contributed by atoms with E-state index in [1.165, 1.54) is 0 Å². The maximum atomic E-state index is 13.9. The topological polar surface area (TPSA) is 108 Å². The van der Waals surface area contributed by atoms with Crippen molar-refractivity contribution in [2.24, 2.45) is 17.8 Å². The van der Waals surface area contributed by atoms with Crippen molar-refractivity contribution >= 4 is 17.7 Å². The minimum Gasteiger partial charge on any atom is -0.394 e. The Labute approximate surface area is 191 Å². The first-order valence-electron chi connectivity index (χ1n) is 12.4. The van der Waals surface area contributed by atoms with Crippen molar-refractivity contribution in [2.45, 2.75) is 96.4 Å². The van der Waals surface area contributed by atoms with Crippen LogP contribution in [0.2, 0.25) is 0 Å². The minimum atomic E-state index is -1.03. The molecule has 8 nitrogen and oxygen atoms in total. The van der Waals surface area contributed by atoms with Crippen LogP contribution in [0.25, 0.3) is 0 Å². The van der Waals surface area contributed by atoms with Gasteiger partial charge in [0.25, 0.3) is 0 Å². The number of aliphatic hydroxyl groups excluding tert-OH is 1. The van der Waals surface area contributed by atoms with Crippen LogP contribution in [0.5, 0.6) is 0 Å². The summed E-state index contributed by atoms with van der Waals surface area (Å²) in [7, 11) is 0. The molecule has 3 N–H and O–H groups in total. The van der Waals surface area contributed by atoms with Gasteiger partial charge in [-0.3, -0.25) is 14.4 Å². The largest absolute Gasteiger partial charge is 0.394 e.